The Labute approximate surface area is 144 Å². The molecule has 0 spiro atoms. The van der Waals surface area contributed by atoms with Gasteiger partial charge < -0.3 is 20.1 Å². The van der Waals surface area contributed by atoms with E-state index in [1.807, 2.05) is 41.8 Å². The van der Waals surface area contributed by atoms with Crippen molar-refractivity contribution in [2.24, 2.45) is 0 Å². The number of benzene rings is 1. The van der Waals surface area contributed by atoms with E-state index in [4.69, 9.17) is 9.47 Å². The van der Waals surface area contributed by atoms with E-state index < -0.39 is 17.9 Å². The molecule has 0 aliphatic rings. The Morgan fingerprint density at radius 1 is 1.08 bits per heavy atom. The second-order valence-corrected chi connectivity index (χ2v) is 5.97. The summed E-state index contributed by atoms with van der Waals surface area (Å²) in [4.78, 5) is 24.7. The van der Waals surface area contributed by atoms with Gasteiger partial charge in [0.2, 0.25) is 0 Å². The van der Waals surface area contributed by atoms with Crippen LogP contribution in [0.5, 0.6) is 5.75 Å². The first-order chi connectivity index (χ1) is 11.7. The molecule has 128 valence electrons. The Bertz CT molecular complexity index is 673. The minimum absolute atomic E-state index is 0.169. The summed E-state index contributed by atoms with van der Waals surface area (Å²) in [5, 5.41) is 7.08. The monoisotopic (exact) mass is 348 g/mol. The van der Waals surface area contributed by atoms with Gasteiger partial charge in [-0.15, -0.1) is 11.3 Å². The number of rotatable bonds is 7. The van der Waals surface area contributed by atoms with Crippen molar-refractivity contribution in [3.63, 3.8) is 0 Å². The first-order valence-electron chi connectivity index (χ1n) is 7.39. The van der Waals surface area contributed by atoms with Crippen LogP contribution in [0.25, 0.3) is 0 Å². The van der Waals surface area contributed by atoms with Crippen molar-refractivity contribution in [1.82, 2.24) is 10.6 Å². The molecule has 7 heteroatoms. The molecule has 2 aromatic rings. The fourth-order valence-corrected chi connectivity index (χ4v) is 2.82. The zero-order chi connectivity index (χ0) is 17.4. The highest BCUT2D eigenvalue weighted by Gasteiger charge is 2.19. The zero-order valence-corrected chi connectivity index (χ0v) is 14.4. The van der Waals surface area contributed by atoms with E-state index in [1.54, 1.807) is 14.2 Å². The van der Waals surface area contributed by atoms with Crippen LogP contribution >= 0.6 is 11.3 Å². The molecule has 2 N–H and O–H groups in total. The molecular formula is C17H20N2O4S. The maximum absolute atomic E-state index is 11.9. The van der Waals surface area contributed by atoms with Crippen LogP contribution in [0, 0.1) is 0 Å². The van der Waals surface area contributed by atoms with Crippen LogP contribution in [0.1, 0.15) is 16.5 Å². The molecule has 2 rings (SSSR count). The molecule has 1 atom stereocenters. The normalized spacial score (nSPS) is 11.6. The molecule has 0 bridgehead atoms. The van der Waals surface area contributed by atoms with Gasteiger partial charge in [-0.3, -0.25) is 9.59 Å². The molecule has 1 heterocycles. The van der Waals surface area contributed by atoms with E-state index in [0.717, 1.165) is 10.4 Å². The van der Waals surface area contributed by atoms with Crippen LogP contribution in [-0.2, 0) is 20.9 Å². The smallest absolute Gasteiger partial charge is 0.309 e. The maximum Gasteiger partial charge on any atom is 0.309 e. The SMILES string of the molecule is COc1ccccc1[C@H](CNC(=O)C(=O)NCc1cccs1)OC. The highest BCUT2D eigenvalue weighted by atomic mass is 32.1. The number of carbonyl (C=O) groups is 2. The van der Waals surface area contributed by atoms with Crippen LogP contribution in [0.3, 0.4) is 0 Å². The summed E-state index contributed by atoms with van der Waals surface area (Å²) in [6, 6.07) is 11.2. The molecule has 6 nitrogen and oxygen atoms in total. The third-order valence-electron chi connectivity index (χ3n) is 3.43. The summed E-state index contributed by atoms with van der Waals surface area (Å²) < 4.78 is 10.7. The first kappa shape index (κ1) is 18.0. The van der Waals surface area contributed by atoms with Crippen molar-refractivity contribution in [2.45, 2.75) is 12.6 Å². The summed E-state index contributed by atoms with van der Waals surface area (Å²) in [7, 11) is 3.11. The van der Waals surface area contributed by atoms with Gasteiger partial charge in [-0.25, -0.2) is 0 Å². The van der Waals surface area contributed by atoms with Gasteiger partial charge in [0, 0.05) is 24.1 Å². The third-order valence-corrected chi connectivity index (χ3v) is 4.30. The van der Waals surface area contributed by atoms with Crippen molar-refractivity contribution >= 4 is 23.2 Å². The van der Waals surface area contributed by atoms with Gasteiger partial charge in [-0.05, 0) is 17.5 Å². The quantitative estimate of drug-likeness (QED) is 0.749. The first-order valence-corrected chi connectivity index (χ1v) is 8.27. The highest BCUT2D eigenvalue weighted by molar-refractivity contribution is 7.09. The summed E-state index contributed by atoms with van der Waals surface area (Å²) in [5.74, 6) is -0.692. The second kappa shape index (κ2) is 9.05. The van der Waals surface area contributed by atoms with E-state index in [9.17, 15) is 9.59 Å². The second-order valence-electron chi connectivity index (χ2n) is 4.94. The molecule has 0 aliphatic carbocycles. The highest BCUT2D eigenvalue weighted by Crippen LogP contribution is 2.26. The van der Waals surface area contributed by atoms with Gasteiger partial charge in [0.1, 0.15) is 11.9 Å². The van der Waals surface area contributed by atoms with Crippen LogP contribution in [0.4, 0.5) is 0 Å². The van der Waals surface area contributed by atoms with Gasteiger partial charge in [0.25, 0.3) is 0 Å². The molecule has 24 heavy (non-hydrogen) atoms. The number of hydrogen-bond acceptors (Lipinski definition) is 5. The minimum Gasteiger partial charge on any atom is -0.496 e. The fourth-order valence-electron chi connectivity index (χ4n) is 2.18. The summed E-state index contributed by atoms with van der Waals surface area (Å²) >= 11 is 1.52. The standard InChI is InChI=1S/C17H20N2O4S/c1-22-14-8-4-3-7-13(14)15(23-2)11-19-17(21)16(20)18-10-12-6-5-9-24-12/h3-9,15H,10-11H2,1-2H3,(H,18,20)(H,19,21)/t15-/m0/s1. The molecule has 0 radical (unpaired) electrons. The molecule has 1 aromatic carbocycles. The van der Waals surface area contributed by atoms with Crippen LogP contribution in [0.15, 0.2) is 41.8 Å². The van der Waals surface area contributed by atoms with Crippen molar-refractivity contribution in [3.05, 3.63) is 52.2 Å². The average Bonchev–Trinajstić information content (AvgIpc) is 3.13. The van der Waals surface area contributed by atoms with Crippen LogP contribution in [-0.4, -0.2) is 32.6 Å². The number of hydrogen-bond donors (Lipinski definition) is 2. The molecule has 1 aromatic heterocycles. The van der Waals surface area contributed by atoms with Gasteiger partial charge >= 0.3 is 11.8 Å². The van der Waals surface area contributed by atoms with Crippen molar-refractivity contribution in [2.75, 3.05) is 20.8 Å². The molecular weight excluding hydrogens is 328 g/mol. The molecule has 0 fully saturated rings. The maximum atomic E-state index is 11.9. The van der Waals surface area contributed by atoms with Crippen LogP contribution < -0.4 is 15.4 Å². The predicted octanol–water partition coefficient (Wildman–Crippen LogP) is 1.88. The Morgan fingerprint density at radius 2 is 1.83 bits per heavy atom. The number of thiophene rings is 1. The number of methoxy groups -OCH3 is 2. The van der Waals surface area contributed by atoms with E-state index >= 15 is 0 Å². The Kier molecular flexibility index (Phi) is 6.77. The lowest BCUT2D eigenvalue weighted by Gasteiger charge is -2.18. The summed E-state index contributed by atoms with van der Waals surface area (Å²) in [6.07, 6.45) is -0.407. The molecule has 0 saturated heterocycles. The average molecular weight is 348 g/mol. The van der Waals surface area contributed by atoms with Crippen LogP contribution in [0.2, 0.25) is 0 Å². The number of para-hydroxylation sites is 1. The minimum atomic E-state index is -0.691. The Balaban J connectivity index is 1.87. The Morgan fingerprint density at radius 3 is 2.50 bits per heavy atom. The number of carbonyl (C=O) groups excluding carboxylic acids is 2. The molecule has 2 amide bonds. The zero-order valence-electron chi connectivity index (χ0n) is 13.6. The molecule has 0 unspecified atom stereocenters. The van der Waals surface area contributed by atoms with Gasteiger partial charge in [-0.1, -0.05) is 24.3 Å². The molecule has 0 aliphatic heterocycles. The predicted molar refractivity (Wildman–Crippen MR) is 91.9 cm³/mol. The van der Waals surface area contributed by atoms with Crippen molar-refractivity contribution < 1.29 is 19.1 Å². The largest absolute Gasteiger partial charge is 0.496 e. The lowest BCUT2D eigenvalue weighted by atomic mass is 10.1. The Hall–Kier alpha value is -2.38. The lowest BCUT2D eigenvalue weighted by molar-refractivity contribution is -0.139. The van der Waals surface area contributed by atoms with Crippen molar-refractivity contribution in [1.29, 1.82) is 0 Å². The summed E-state index contributed by atoms with van der Waals surface area (Å²) in [5.41, 5.74) is 0.807. The third kappa shape index (κ3) is 4.81. The van der Waals surface area contributed by atoms with E-state index in [2.05, 4.69) is 10.6 Å². The summed E-state index contributed by atoms with van der Waals surface area (Å²) in [6.45, 7) is 0.506. The van der Waals surface area contributed by atoms with E-state index in [0.29, 0.717) is 12.3 Å². The number of amides is 2. The molecule has 0 saturated carbocycles. The number of nitrogens with one attached hydrogen (secondary N) is 2. The van der Waals surface area contributed by atoms with Crippen molar-refractivity contribution in [3.8, 4) is 5.75 Å². The van der Waals surface area contributed by atoms with Gasteiger partial charge in [0.15, 0.2) is 0 Å². The van der Waals surface area contributed by atoms with E-state index in [1.165, 1.54) is 11.3 Å². The number of ether oxygens (including phenoxy) is 2. The topological polar surface area (TPSA) is 76.7 Å². The lowest BCUT2D eigenvalue weighted by Crippen LogP contribution is -2.41. The van der Waals surface area contributed by atoms with Gasteiger partial charge in [0.05, 0.1) is 13.7 Å². The van der Waals surface area contributed by atoms with Gasteiger partial charge in [-0.2, -0.15) is 0 Å². The van der Waals surface area contributed by atoms with E-state index in [-0.39, 0.29) is 6.54 Å². The fraction of sp³-hybridized carbons (Fsp3) is 0.294.